The summed E-state index contributed by atoms with van der Waals surface area (Å²) in [6.45, 7) is 0. The van der Waals surface area contributed by atoms with Crippen LogP contribution in [0.25, 0.3) is 0 Å². The monoisotopic (exact) mass is 500 g/mol. The molecule has 0 atom stereocenters. The van der Waals surface area contributed by atoms with Gasteiger partial charge in [0.1, 0.15) is 22.1 Å². The molecule has 0 aliphatic carbocycles. The molecule has 3 aromatic carbocycles. The van der Waals surface area contributed by atoms with Crippen molar-refractivity contribution in [3.05, 3.63) is 87.4 Å². The summed E-state index contributed by atoms with van der Waals surface area (Å²) in [4.78, 5) is 29.1. The zero-order valence-corrected chi connectivity index (χ0v) is 19.9. The number of halogens is 2. The minimum Gasteiger partial charge on any atom is -0.497 e. The molecule has 6 nitrogen and oxygen atoms in total. The van der Waals surface area contributed by atoms with Crippen LogP contribution in [0.1, 0.15) is 0 Å². The van der Waals surface area contributed by atoms with Crippen LogP contribution in [-0.2, 0) is 9.59 Å². The Morgan fingerprint density at radius 3 is 2.12 bits per heavy atom. The summed E-state index contributed by atoms with van der Waals surface area (Å²) in [6, 6.07) is 18.8. The van der Waals surface area contributed by atoms with Gasteiger partial charge >= 0.3 is 0 Å². The van der Waals surface area contributed by atoms with Crippen LogP contribution in [0.5, 0.6) is 11.5 Å². The van der Waals surface area contributed by atoms with E-state index in [1.807, 2.05) is 0 Å². The number of carbonyl (C=O) groups is 2. The second-order valence-corrected chi connectivity index (χ2v) is 8.83. The van der Waals surface area contributed by atoms with Crippen molar-refractivity contribution in [2.45, 2.75) is 4.90 Å². The van der Waals surface area contributed by atoms with Crippen LogP contribution in [0.15, 0.2) is 82.2 Å². The van der Waals surface area contributed by atoms with Crippen molar-refractivity contribution in [3.63, 3.8) is 0 Å². The van der Waals surface area contributed by atoms with Crippen LogP contribution in [0.4, 0.5) is 11.4 Å². The lowest BCUT2D eigenvalue weighted by Crippen LogP contribution is -2.32. The maximum absolute atomic E-state index is 13.5. The van der Waals surface area contributed by atoms with Crippen LogP contribution in [-0.4, -0.2) is 26.0 Å². The van der Waals surface area contributed by atoms with E-state index in [1.54, 1.807) is 67.8 Å². The minimum absolute atomic E-state index is 0.146. The summed E-state index contributed by atoms with van der Waals surface area (Å²) in [5.74, 6) is 0.0106. The Balaban J connectivity index is 1.76. The first kappa shape index (κ1) is 23.0. The number of carbonyl (C=O) groups excluding carboxylic acids is 2. The van der Waals surface area contributed by atoms with Gasteiger partial charge in [-0.2, -0.15) is 0 Å². The molecule has 0 saturated carbocycles. The first-order valence-corrected chi connectivity index (χ1v) is 11.3. The Kier molecular flexibility index (Phi) is 6.83. The first-order chi connectivity index (χ1) is 15.9. The maximum Gasteiger partial charge on any atom is 0.283 e. The molecular formula is C24H18Cl2N2O4S. The average molecular weight is 501 g/mol. The van der Waals surface area contributed by atoms with E-state index in [-0.39, 0.29) is 16.3 Å². The molecule has 0 unspecified atom stereocenters. The number of imide groups is 1. The Bertz CT molecular complexity index is 1240. The maximum atomic E-state index is 13.5. The van der Waals surface area contributed by atoms with Gasteiger partial charge in [0.2, 0.25) is 0 Å². The van der Waals surface area contributed by atoms with Gasteiger partial charge in [-0.3, -0.25) is 9.59 Å². The highest BCUT2D eigenvalue weighted by Crippen LogP contribution is 2.41. The predicted molar refractivity (Wildman–Crippen MR) is 131 cm³/mol. The molecule has 1 aliphatic heterocycles. The molecule has 0 aromatic heterocycles. The smallest absolute Gasteiger partial charge is 0.283 e. The SMILES string of the molecule is COc1ccc(NC2=C(Sc3ccc(Cl)cc3)C(=O)N(c3cc(Cl)ccc3OC)C2=O)cc1. The summed E-state index contributed by atoms with van der Waals surface area (Å²) < 4.78 is 10.6. The number of benzene rings is 3. The highest BCUT2D eigenvalue weighted by molar-refractivity contribution is 8.04. The zero-order chi connectivity index (χ0) is 23.5. The highest BCUT2D eigenvalue weighted by Gasteiger charge is 2.41. The molecule has 2 amide bonds. The first-order valence-electron chi connectivity index (χ1n) is 9.72. The number of anilines is 2. The van der Waals surface area contributed by atoms with Gasteiger partial charge in [-0.1, -0.05) is 35.0 Å². The highest BCUT2D eigenvalue weighted by atomic mass is 35.5. The van der Waals surface area contributed by atoms with Crippen molar-refractivity contribution < 1.29 is 19.1 Å². The average Bonchev–Trinajstić information content (AvgIpc) is 3.04. The van der Waals surface area contributed by atoms with Gasteiger partial charge in [-0.05, 0) is 66.7 Å². The second kappa shape index (κ2) is 9.79. The van der Waals surface area contributed by atoms with Gasteiger partial charge in [-0.15, -0.1) is 0 Å². The van der Waals surface area contributed by atoms with E-state index in [1.165, 1.54) is 24.9 Å². The van der Waals surface area contributed by atoms with Crippen LogP contribution < -0.4 is 19.7 Å². The van der Waals surface area contributed by atoms with Crippen molar-refractivity contribution in [1.82, 2.24) is 0 Å². The van der Waals surface area contributed by atoms with Crippen LogP contribution >= 0.6 is 35.0 Å². The van der Waals surface area contributed by atoms with Crippen LogP contribution in [0.2, 0.25) is 10.0 Å². The molecule has 0 radical (unpaired) electrons. The predicted octanol–water partition coefficient (Wildman–Crippen LogP) is 6.00. The van der Waals surface area contributed by atoms with Crippen molar-refractivity contribution in [3.8, 4) is 11.5 Å². The lowest BCUT2D eigenvalue weighted by Gasteiger charge is -2.18. The molecule has 1 heterocycles. The fourth-order valence-electron chi connectivity index (χ4n) is 3.21. The summed E-state index contributed by atoms with van der Waals surface area (Å²) in [6.07, 6.45) is 0. The Hall–Kier alpha value is -3.13. The van der Waals surface area contributed by atoms with E-state index < -0.39 is 11.8 Å². The molecule has 4 rings (SSSR count). The molecule has 168 valence electrons. The van der Waals surface area contributed by atoms with E-state index in [4.69, 9.17) is 32.7 Å². The molecular weight excluding hydrogens is 483 g/mol. The standard InChI is InChI=1S/C24H18Cl2N2O4S/c1-31-17-8-6-16(7-9-17)27-21-22(33-18-10-3-14(25)4-11-18)24(30)28(23(21)29)19-13-15(26)5-12-20(19)32-2/h3-13,27H,1-2H3. The van der Waals surface area contributed by atoms with Gasteiger partial charge in [0.05, 0.1) is 19.9 Å². The molecule has 0 bridgehead atoms. The molecule has 9 heteroatoms. The summed E-state index contributed by atoms with van der Waals surface area (Å²) >= 11 is 13.3. The number of methoxy groups -OCH3 is 2. The molecule has 1 N–H and O–H groups in total. The van der Waals surface area contributed by atoms with Crippen molar-refractivity contribution in [2.75, 3.05) is 24.4 Å². The summed E-state index contributed by atoms with van der Waals surface area (Å²) in [7, 11) is 3.03. The Morgan fingerprint density at radius 1 is 0.818 bits per heavy atom. The van der Waals surface area contributed by atoms with E-state index in [2.05, 4.69) is 5.32 Å². The number of nitrogens with zero attached hydrogens (tertiary/aromatic N) is 1. The fourth-order valence-corrected chi connectivity index (χ4v) is 4.43. The van der Waals surface area contributed by atoms with Gasteiger partial charge in [0.15, 0.2) is 0 Å². The van der Waals surface area contributed by atoms with Crippen molar-refractivity contribution >= 4 is 58.2 Å². The number of nitrogens with one attached hydrogen (secondary N) is 1. The van der Waals surface area contributed by atoms with Gasteiger partial charge < -0.3 is 14.8 Å². The van der Waals surface area contributed by atoms with E-state index >= 15 is 0 Å². The lowest BCUT2D eigenvalue weighted by atomic mass is 10.2. The number of amides is 2. The molecule has 3 aromatic rings. The van der Waals surface area contributed by atoms with E-state index in [9.17, 15) is 9.59 Å². The number of hydrogen-bond acceptors (Lipinski definition) is 6. The summed E-state index contributed by atoms with van der Waals surface area (Å²) in [5, 5.41) is 4.04. The number of ether oxygens (including phenoxy) is 2. The summed E-state index contributed by atoms with van der Waals surface area (Å²) in [5.41, 5.74) is 1.04. The lowest BCUT2D eigenvalue weighted by molar-refractivity contribution is -0.120. The molecule has 0 spiro atoms. The van der Waals surface area contributed by atoms with Crippen LogP contribution in [0, 0.1) is 0 Å². The van der Waals surface area contributed by atoms with Crippen molar-refractivity contribution in [2.24, 2.45) is 0 Å². The molecule has 1 aliphatic rings. The number of rotatable bonds is 7. The third-order valence-electron chi connectivity index (χ3n) is 4.82. The number of hydrogen-bond donors (Lipinski definition) is 1. The topological polar surface area (TPSA) is 67.9 Å². The van der Waals surface area contributed by atoms with Gasteiger partial charge in [-0.25, -0.2) is 4.90 Å². The molecule has 0 saturated heterocycles. The number of thioether (sulfide) groups is 1. The van der Waals surface area contributed by atoms with Crippen LogP contribution in [0.3, 0.4) is 0 Å². The molecule has 33 heavy (non-hydrogen) atoms. The van der Waals surface area contributed by atoms with Crippen molar-refractivity contribution in [1.29, 1.82) is 0 Å². The minimum atomic E-state index is -0.521. The van der Waals surface area contributed by atoms with Gasteiger partial charge in [0.25, 0.3) is 11.8 Å². The zero-order valence-electron chi connectivity index (χ0n) is 17.6. The fraction of sp³-hybridized carbons (Fsp3) is 0.0833. The van der Waals surface area contributed by atoms with E-state index in [0.29, 0.717) is 27.2 Å². The molecule has 0 fully saturated rings. The van der Waals surface area contributed by atoms with Gasteiger partial charge in [0, 0.05) is 20.6 Å². The third kappa shape index (κ3) is 4.80. The van der Waals surface area contributed by atoms with E-state index in [0.717, 1.165) is 9.80 Å². The largest absolute Gasteiger partial charge is 0.497 e. The normalized spacial score (nSPS) is 13.5. The third-order valence-corrected chi connectivity index (χ3v) is 6.39. The second-order valence-electron chi connectivity index (χ2n) is 6.88. The Labute approximate surface area is 205 Å². The Morgan fingerprint density at radius 2 is 1.48 bits per heavy atom. The quantitative estimate of drug-likeness (QED) is 0.401.